The minimum Gasteiger partial charge on any atom is -0.469 e. The van der Waals surface area contributed by atoms with Gasteiger partial charge in [-0.3, -0.25) is 4.79 Å². The third kappa shape index (κ3) is 4.50. The first-order valence-corrected chi connectivity index (χ1v) is 8.97. The molecular formula is C20H25N3O3. The van der Waals surface area contributed by atoms with E-state index in [0.29, 0.717) is 18.3 Å². The van der Waals surface area contributed by atoms with E-state index in [9.17, 15) is 4.79 Å². The van der Waals surface area contributed by atoms with Crippen LogP contribution in [0, 0.1) is 12.8 Å². The van der Waals surface area contributed by atoms with Crippen molar-refractivity contribution in [2.75, 3.05) is 12.8 Å². The molecule has 6 nitrogen and oxygen atoms in total. The summed E-state index contributed by atoms with van der Waals surface area (Å²) in [6, 6.07) is 6.19. The Hall–Kier alpha value is -2.63. The van der Waals surface area contributed by atoms with Crippen molar-refractivity contribution in [3.05, 3.63) is 36.2 Å². The number of aryl methyl sites for hydroxylation is 1. The van der Waals surface area contributed by atoms with Crippen LogP contribution in [0.2, 0.25) is 0 Å². The molecule has 1 heterocycles. The summed E-state index contributed by atoms with van der Waals surface area (Å²) in [5, 5.41) is 0. The van der Waals surface area contributed by atoms with Gasteiger partial charge in [-0.2, -0.15) is 0 Å². The molecule has 1 fully saturated rings. The Labute approximate surface area is 153 Å². The number of hydrogen-bond acceptors (Lipinski definition) is 6. The molecule has 1 aliphatic rings. The van der Waals surface area contributed by atoms with Gasteiger partial charge in [0.15, 0.2) is 0 Å². The Morgan fingerprint density at radius 3 is 2.50 bits per heavy atom. The van der Waals surface area contributed by atoms with Crippen LogP contribution in [0.15, 0.2) is 30.6 Å². The van der Waals surface area contributed by atoms with E-state index < -0.39 is 0 Å². The summed E-state index contributed by atoms with van der Waals surface area (Å²) in [5.74, 6) is 0.255. The maximum absolute atomic E-state index is 11.4. The van der Waals surface area contributed by atoms with E-state index in [0.717, 1.165) is 48.1 Å². The number of nitrogens with zero attached hydrogens (tertiary/aromatic N) is 2. The highest BCUT2D eigenvalue weighted by atomic mass is 16.5. The topological polar surface area (TPSA) is 87.3 Å². The second-order valence-corrected chi connectivity index (χ2v) is 6.87. The second kappa shape index (κ2) is 8.17. The molecule has 1 saturated carbocycles. The Bertz CT molecular complexity index is 753. The van der Waals surface area contributed by atoms with Crippen molar-refractivity contribution in [3.8, 4) is 17.1 Å². The van der Waals surface area contributed by atoms with E-state index in [1.165, 1.54) is 7.11 Å². The number of hydrogen-bond donors (Lipinski definition) is 1. The third-order valence-electron chi connectivity index (χ3n) is 4.94. The number of benzene rings is 1. The van der Waals surface area contributed by atoms with Crippen LogP contribution in [-0.4, -0.2) is 29.2 Å². The zero-order valence-electron chi connectivity index (χ0n) is 15.3. The monoisotopic (exact) mass is 355 g/mol. The number of nitrogens with two attached hydrogens (primary N) is 1. The second-order valence-electron chi connectivity index (χ2n) is 6.87. The zero-order chi connectivity index (χ0) is 18.5. The molecule has 1 aliphatic carbocycles. The van der Waals surface area contributed by atoms with Crippen molar-refractivity contribution in [3.63, 3.8) is 0 Å². The predicted molar refractivity (Wildman–Crippen MR) is 99.6 cm³/mol. The van der Waals surface area contributed by atoms with Crippen molar-refractivity contribution in [1.82, 2.24) is 9.97 Å². The molecule has 26 heavy (non-hydrogen) atoms. The Balaban J connectivity index is 1.56. The number of ether oxygens (including phenoxy) is 2. The highest BCUT2D eigenvalue weighted by Crippen LogP contribution is 2.29. The fourth-order valence-corrected chi connectivity index (χ4v) is 3.45. The minimum absolute atomic E-state index is 0.105. The van der Waals surface area contributed by atoms with Gasteiger partial charge in [0.2, 0.25) is 0 Å². The molecule has 2 N–H and O–H groups in total. The summed E-state index contributed by atoms with van der Waals surface area (Å²) in [7, 11) is 1.43. The fourth-order valence-electron chi connectivity index (χ4n) is 3.45. The lowest BCUT2D eigenvalue weighted by Gasteiger charge is -2.27. The SMILES string of the molecule is COC(=O)CC1CCC(Oc2ncc(-c3ccc(N)cc3C)cn2)CC1. The normalized spacial score (nSPS) is 19.8. The standard InChI is InChI=1S/C20H25N3O3/c1-13-9-16(21)5-8-18(13)15-11-22-20(23-12-15)26-17-6-3-14(4-7-17)10-19(24)25-2/h5,8-9,11-12,14,17H,3-4,6-7,10,21H2,1-2H3. The fraction of sp³-hybridized carbons (Fsp3) is 0.450. The molecule has 6 heteroatoms. The Kier molecular flexibility index (Phi) is 5.71. The molecular weight excluding hydrogens is 330 g/mol. The van der Waals surface area contributed by atoms with Gasteiger partial charge in [0.1, 0.15) is 6.10 Å². The molecule has 3 rings (SSSR count). The molecule has 0 atom stereocenters. The maximum Gasteiger partial charge on any atom is 0.316 e. The molecule has 0 radical (unpaired) electrons. The molecule has 0 unspecified atom stereocenters. The number of methoxy groups -OCH3 is 1. The summed E-state index contributed by atoms with van der Waals surface area (Å²) in [6.07, 6.45) is 7.90. The number of esters is 1. The van der Waals surface area contributed by atoms with Gasteiger partial charge in [0, 0.05) is 30.1 Å². The highest BCUT2D eigenvalue weighted by molar-refractivity contribution is 5.69. The number of rotatable bonds is 5. The lowest BCUT2D eigenvalue weighted by atomic mass is 9.85. The average molecular weight is 355 g/mol. The first-order valence-electron chi connectivity index (χ1n) is 8.97. The van der Waals surface area contributed by atoms with Crippen LogP contribution >= 0.6 is 0 Å². The smallest absolute Gasteiger partial charge is 0.316 e. The molecule has 0 amide bonds. The molecule has 0 bridgehead atoms. The first kappa shape index (κ1) is 18.2. The minimum atomic E-state index is -0.133. The van der Waals surface area contributed by atoms with E-state index in [4.69, 9.17) is 15.2 Å². The van der Waals surface area contributed by atoms with Crippen LogP contribution in [0.5, 0.6) is 6.01 Å². The lowest BCUT2D eigenvalue weighted by molar-refractivity contribution is -0.142. The van der Waals surface area contributed by atoms with Gasteiger partial charge in [-0.25, -0.2) is 9.97 Å². The molecule has 0 spiro atoms. The number of carbonyl (C=O) groups excluding carboxylic acids is 1. The van der Waals surface area contributed by atoms with Crippen LogP contribution < -0.4 is 10.5 Å². The predicted octanol–water partition coefficient (Wildman–Crippen LogP) is 3.53. The van der Waals surface area contributed by atoms with Crippen LogP contribution in [0.4, 0.5) is 5.69 Å². The van der Waals surface area contributed by atoms with Crippen molar-refractivity contribution >= 4 is 11.7 Å². The van der Waals surface area contributed by atoms with Crippen molar-refractivity contribution in [2.45, 2.75) is 45.1 Å². The van der Waals surface area contributed by atoms with Crippen molar-refractivity contribution < 1.29 is 14.3 Å². The zero-order valence-corrected chi connectivity index (χ0v) is 15.3. The quantitative estimate of drug-likeness (QED) is 0.652. The van der Waals surface area contributed by atoms with Crippen molar-refractivity contribution in [2.24, 2.45) is 5.92 Å². The molecule has 138 valence electrons. The van der Waals surface area contributed by atoms with Gasteiger partial charge >= 0.3 is 12.0 Å². The van der Waals surface area contributed by atoms with E-state index >= 15 is 0 Å². The Morgan fingerprint density at radius 2 is 1.88 bits per heavy atom. The molecule has 1 aromatic carbocycles. The first-order chi connectivity index (χ1) is 12.5. The van der Waals surface area contributed by atoms with E-state index in [-0.39, 0.29) is 12.1 Å². The molecule has 0 saturated heterocycles. The number of aromatic nitrogens is 2. The van der Waals surface area contributed by atoms with Crippen LogP contribution in [0.25, 0.3) is 11.1 Å². The maximum atomic E-state index is 11.4. The van der Waals surface area contributed by atoms with Gasteiger partial charge < -0.3 is 15.2 Å². The summed E-state index contributed by atoms with van der Waals surface area (Å²) in [5.41, 5.74) is 9.64. The van der Waals surface area contributed by atoms with E-state index in [2.05, 4.69) is 9.97 Å². The number of carbonyl (C=O) groups is 1. The Morgan fingerprint density at radius 1 is 1.19 bits per heavy atom. The molecule has 2 aromatic rings. The largest absolute Gasteiger partial charge is 0.469 e. The molecule has 1 aromatic heterocycles. The lowest BCUT2D eigenvalue weighted by Crippen LogP contribution is -2.26. The van der Waals surface area contributed by atoms with E-state index in [1.54, 1.807) is 12.4 Å². The number of nitrogen functional groups attached to an aromatic ring is 1. The molecule has 0 aliphatic heterocycles. The van der Waals surface area contributed by atoms with Gasteiger partial charge in [-0.1, -0.05) is 6.07 Å². The summed E-state index contributed by atoms with van der Waals surface area (Å²) in [4.78, 5) is 20.1. The summed E-state index contributed by atoms with van der Waals surface area (Å²) in [6.45, 7) is 2.02. The van der Waals surface area contributed by atoms with Gasteiger partial charge in [0.25, 0.3) is 0 Å². The van der Waals surface area contributed by atoms with Crippen LogP contribution in [0.3, 0.4) is 0 Å². The van der Waals surface area contributed by atoms with Gasteiger partial charge in [-0.05, 0) is 61.8 Å². The van der Waals surface area contributed by atoms with Crippen LogP contribution in [-0.2, 0) is 9.53 Å². The highest BCUT2D eigenvalue weighted by Gasteiger charge is 2.25. The van der Waals surface area contributed by atoms with Gasteiger partial charge in [0.05, 0.1) is 7.11 Å². The van der Waals surface area contributed by atoms with Crippen LogP contribution in [0.1, 0.15) is 37.7 Å². The van der Waals surface area contributed by atoms with Gasteiger partial charge in [-0.15, -0.1) is 0 Å². The summed E-state index contributed by atoms with van der Waals surface area (Å²) >= 11 is 0. The average Bonchev–Trinajstić information content (AvgIpc) is 2.64. The third-order valence-corrected chi connectivity index (χ3v) is 4.94. The summed E-state index contributed by atoms with van der Waals surface area (Å²) < 4.78 is 10.7. The number of anilines is 1. The van der Waals surface area contributed by atoms with Crippen molar-refractivity contribution in [1.29, 1.82) is 0 Å². The van der Waals surface area contributed by atoms with E-state index in [1.807, 2.05) is 25.1 Å².